The summed E-state index contributed by atoms with van der Waals surface area (Å²) in [5, 5.41) is 0.942. The minimum atomic E-state index is 0.530. The Hall–Kier alpha value is -0.0100. The molecule has 2 saturated carbocycles. The van der Waals surface area contributed by atoms with Crippen LogP contribution in [0.5, 0.6) is 0 Å². The van der Waals surface area contributed by atoms with Crippen LogP contribution in [0.3, 0.4) is 0 Å². The largest absolute Gasteiger partial charge is 0.0840 e. The van der Waals surface area contributed by atoms with E-state index in [1.807, 2.05) is 6.07 Å². The average molecular weight is 258 g/mol. The van der Waals surface area contributed by atoms with E-state index in [0.29, 0.717) is 5.41 Å². The second-order valence-electron chi connectivity index (χ2n) is 4.34. The van der Waals surface area contributed by atoms with Crippen molar-refractivity contribution in [3.8, 4) is 0 Å². The van der Waals surface area contributed by atoms with Gasteiger partial charge < -0.3 is 0 Å². The molecule has 0 aromatic heterocycles. The van der Waals surface area contributed by atoms with Crippen molar-refractivity contribution in [2.45, 2.75) is 25.2 Å². The van der Waals surface area contributed by atoms with E-state index >= 15 is 0 Å². The Balaban J connectivity index is 2.14. The van der Waals surface area contributed by atoms with E-state index in [-0.39, 0.29) is 0 Å². The number of hydrogen-bond acceptors (Lipinski definition) is 0. The highest BCUT2D eigenvalue weighted by atomic mass is 79.9. The molecular formula is C11H10BrCl. The molecule has 68 valence electrons. The molecule has 0 amide bonds. The standard InChI is InChI=1S/C11H10BrCl/c1-6-2-8(10(13)3-9(6)12)11-4-7(11)5-11/h2-3,7H,4-5H2,1H3. The number of fused-ring (bicyclic) bond motifs is 1. The third-order valence-electron chi connectivity index (χ3n) is 3.47. The van der Waals surface area contributed by atoms with Gasteiger partial charge in [0.15, 0.2) is 0 Å². The van der Waals surface area contributed by atoms with Crippen molar-refractivity contribution in [1.29, 1.82) is 0 Å². The summed E-state index contributed by atoms with van der Waals surface area (Å²) in [5.74, 6) is 0.963. The Bertz CT molecular complexity index is 391. The van der Waals surface area contributed by atoms with Gasteiger partial charge in [0.1, 0.15) is 0 Å². The molecule has 0 bridgehead atoms. The van der Waals surface area contributed by atoms with Gasteiger partial charge in [0, 0.05) is 14.9 Å². The highest BCUT2D eigenvalue weighted by Crippen LogP contribution is 2.76. The summed E-state index contributed by atoms with van der Waals surface area (Å²) in [5.41, 5.74) is 3.22. The molecule has 0 radical (unpaired) electrons. The van der Waals surface area contributed by atoms with Crippen LogP contribution in [0.4, 0.5) is 0 Å². The predicted octanol–water partition coefficient (Wildman–Crippen LogP) is 4.07. The van der Waals surface area contributed by atoms with E-state index < -0.39 is 0 Å². The normalized spacial score (nSPS) is 34.2. The van der Waals surface area contributed by atoms with Crippen LogP contribution in [-0.2, 0) is 5.41 Å². The molecule has 0 nitrogen and oxygen atoms in total. The molecule has 2 aliphatic rings. The molecule has 13 heavy (non-hydrogen) atoms. The van der Waals surface area contributed by atoms with Crippen LogP contribution in [0.1, 0.15) is 24.0 Å². The maximum Gasteiger partial charge on any atom is 0.0455 e. The van der Waals surface area contributed by atoms with E-state index in [9.17, 15) is 0 Å². The van der Waals surface area contributed by atoms with E-state index in [1.54, 1.807) is 0 Å². The minimum absolute atomic E-state index is 0.530. The third kappa shape index (κ3) is 1.04. The van der Waals surface area contributed by atoms with Crippen LogP contribution >= 0.6 is 27.5 Å². The van der Waals surface area contributed by atoms with Crippen molar-refractivity contribution in [3.63, 3.8) is 0 Å². The van der Waals surface area contributed by atoms with Crippen LogP contribution in [0, 0.1) is 12.8 Å². The highest BCUT2D eigenvalue weighted by Gasteiger charge is 2.70. The van der Waals surface area contributed by atoms with Crippen molar-refractivity contribution in [2.75, 3.05) is 0 Å². The molecule has 0 atom stereocenters. The Labute approximate surface area is 91.4 Å². The lowest BCUT2D eigenvalue weighted by molar-refractivity contribution is 0.821. The van der Waals surface area contributed by atoms with Crippen LogP contribution in [0.25, 0.3) is 0 Å². The van der Waals surface area contributed by atoms with E-state index in [4.69, 9.17) is 11.6 Å². The van der Waals surface area contributed by atoms with Gasteiger partial charge in [-0.3, -0.25) is 0 Å². The summed E-state index contributed by atoms with van der Waals surface area (Å²) >= 11 is 9.72. The first-order chi connectivity index (χ1) is 6.13. The van der Waals surface area contributed by atoms with Crippen LogP contribution in [0.2, 0.25) is 5.02 Å². The van der Waals surface area contributed by atoms with Crippen LogP contribution < -0.4 is 0 Å². The molecule has 2 aliphatic carbocycles. The minimum Gasteiger partial charge on any atom is -0.0840 e. The van der Waals surface area contributed by atoms with Gasteiger partial charge in [-0.05, 0) is 42.9 Å². The summed E-state index contributed by atoms with van der Waals surface area (Å²) in [7, 11) is 0. The maximum absolute atomic E-state index is 6.22. The van der Waals surface area contributed by atoms with Crippen molar-refractivity contribution >= 4 is 27.5 Å². The highest BCUT2D eigenvalue weighted by molar-refractivity contribution is 9.10. The first-order valence-electron chi connectivity index (χ1n) is 4.59. The molecule has 0 saturated heterocycles. The Kier molecular flexibility index (Phi) is 1.48. The lowest BCUT2D eigenvalue weighted by atomic mass is 10.0. The zero-order chi connectivity index (χ0) is 9.22. The predicted molar refractivity (Wildman–Crippen MR) is 58.3 cm³/mol. The van der Waals surface area contributed by atoms with E-state index in [2.05, 4.69) is 28.9 Å². The molecule has 0 spiro atoms. The molecule has 1 aromatic carbocycles. The molecule has 0 N–H and O–H groups in total. The maximum atomic E-state index is 6.22. The van der Waals surface area contributed by atoms with Gasteiger partial charge in [-0.25, -0.2) is 0 Å². The van der Waals surface area contributed by atoms with Gasteiger partial charge >= 0.3 is 0 Å². The average Bonchev–Trinajstić information content (AvgIpc) is 2.83. The van der Waals surface area contributed by atoms with Crippen molar-refractivity contribution in [3.05, 3.63) is 32.8 Å². The third-order valence-corrected chi connectivity index (χ3v) is 4.63. The number of aryl methyl sites for hydroxylation is 1. The Morgan fingerprint density at radius 1 is 1.46 bits per heavy atom. The fourth-order valence-electron chi connectivity index (χ4n) is 2.18. The van der Waals surface area contributed by atoms with Crippen molar-refractivity contribution < 1.29 is 0 Å². The molecule has 0 heterocycles. The Morgan fingerprint density at radius 2 is 2.08 bits per heavy atom. The molecule has 1 aromatic rings. The zero-order valence-corrected chi connectivity index (χ0v) is 9.74. The van der Waals surface area contributed by atoms with Gasteiger partial charge in [0.25, 0.3) is 0 Å². The first-order valence-corrected chi connectivity index (χ1v) is 5.77. The zero-order valence-electron chi connectivity index (χ0n) is 7.40. The quantitative estimate of drug-likeness (QED) is 0.711. The van der Waals surface area contributed by atoms with E-state index in [1.165, 1.54) is 24.0 Å². The van der Waals surface area contributed by atoms with E-state index in [0.717, 1.165) is 15.4 Å². The smallest absolute Gasteiger partial charge is 0.0455 e. The molecular weight excluding hydrogens is 247 g/mol. The number of hydrogen-bond donors (Lipinski definition) is 0. The summed E-state index contributed by atoms with van der Waals surface area (Å²) in [6.45, 7) is 2.13. The number of rotatable bonds is 1. The van der Waals surface area contributed by atoms with Crippen molar-refractivity contribution in [2.24, 2.45) is 5.92 Å². The van der Waals surface area contributed by atoms with Gasteiger partial charge in [-0.15, -0.1) is 0 Å². The van der Waals surface area contributed by atoms with Gasteiger partial charge in [0.2, 0.25) is 0 Å². The van der Waals surface area contributed by atoms with Crippen molar-refractivity contribution in [1.82, 2.24) is 0 Å². The molecule has 2 fully saturated rings. The monoisotopic (exact) mass is 256 g/mol. The van der Waals surface area contributed by atoms with Gasteiger partial charge in [0.05, 0.1) is 0 Å². The summed E-state index contributed by atoms with van der Waals surface area (Å²) in [4.78, 5) is 0. The van der Waals surface area contributed by atoms with Gasteiger partial charge in [-0.1, -0.05) is 33.6 Å². The van der Waals surface area contributed by atoms with Crippen LogP contribution in [-0.4, -0.2) is 0 Å². The lowest BCUT2D eigenvalue weighted by Crippen LogP contribution is -1.96. The lowest BCUT2D eigenvalue weighted by Gasteiger charge is -2.09. The fourth-order valence-corrected chi connectivity index (χ4v) is 3.01. The first kappa shape index (κ1) is 8.31. The second-order valence-corrected chi connectivity index (χ2v) is 5.60. The summed E-state index contributed by atoms with van der Waals surface area (Å²) < 4.78 is 1.12. The number of halogens is 2. The SMILES string of the molecule is Cc1cc(C23CC2C3)c(Cl)cc1Br. The summed E-state index contributed by atoms with van der Waals surface area (Å²) in [6, 6.07) is 4.29. The van der Waals surface area contributed by atoms with Gasteiger partial charge in [-0.2, -0.15) is 0 Å². The topological polar surface area (TPSA) is 0 Å². The molecule has 2 heteroatoms. The molecule has 0 unspecified atom stereocenters. The Morgan fingerprint density at radius 3 is 2.62 bits per heavy atom. The second kappa shape index (κ2) is 2.32. The summed E-state index contributed by atoms with van der Waals surface area (Å²) in [6.07, 6.45) is 2.74. The molecule has 3 rings (SSSR count). The fraction of sp³-hybridized carbons (Fsp3) is 0.455. The molecule has 0 aliphatic heterocycles. The number of benzene rings is 1. The van der Waals surface area contributed by atoms with Crippen LogP contribution in [0.15, 0.2) is 16.6 Å².